The van der Waals surface area contributed by atoms with Crippen molar-refractivity contribution in [3.05, 3.63) is 53.6 Å². The molecule has 1 fully saturated rings. The van der Waals surface area contributed by atoms with E-state index in [0.29, 0.717) is 24.1 Å². The molecule has 0 spiro atoms. The highest BCUT2D eigenvalue weighted by atomic mass is 19.1. The van der Waals surface area contributed by atoms with Crippen molar-refractivity contribution in [1.82, 2.24) is 10.3 Å². The van der Waals surface area contributed by atoms with E-state index in [-0.39, 0.29) is 5.82 Å². The average molecular weight is 272 g/mol. The van der Waals surface area contributed by atoms with Crippen molar-refractivity contribution < 1.29 is 9.13 Å². The number of pyridine rings is 1. The SMILES string of the molecule is Cc1ncccc1Oc1ccc(F)cc1CNC1CC1. The van der Waals surface area contributed by atoms with E-state index in [1.54, 1.807) is 12.3 Å². The minimum atomic E-state index is -0.243. The van der Waals surface area contributed by atoms with E-state index in [2.05, 4.69) is 10.3 Å². The summed E-state index contributed by atoms with van der Waals surface area (Å²) in [5.41, 5.74) is 1.65. The first-order valence-corrected chi connectivity index (χ1v) is 6.83. The topological polar surface area (TPSA) is 34.1 Å². The monoisotopic (exact) mass is 272 g/mol. The van der Waals surface area contributed by atoms with Gasteiger partial charge in [-0.3, -0.25) is 4.98 Å². The van der Waals surface area contributed by atoms with Crippen LogP contribution in [0.5, 0.6) is 11.5 Å². The fourth-order valence-electron chi connectivity index (χ4n) is 2.02. The quantitative estimate of drug-likeness (QED) is 0.903. The largest absolute Gasteiger partial charge is 0.455 e. The van der Waals surface area contributed by atoms with Crippen LogP contribution < -0.4 is 10.1 Å². The minimum Gasteiger partial charge on any atom is -0.455 e. The zero-order valence-corrected chi connectivity index (χ0v) is 11.4. The maximum atomic E-state index is 13.4. The summed E-state index contributed by atoms with van der Waals surface area (Å²) in [5.74, 6) is 1.13. The lowest BCUT2D eigenvalue weighted by Crippen LogP contribution is -2.16. The number of nitrogens with one attached hydrogen (secondary N) is 1. The summed E-state index contributed by atoms with van der Waals surface area (Å²) in [6.45, 7) is 2.51. The van der Waals surface area contributed by atoms with E-state index >= 15 is 0 Å². The van der Waals surface area contributed by atoms with Crippen LogP contribution in [0.2, 0.25) is 0 Å². The summed E-state index contributed by atoms with van der Waals surface area (Å²) in [5, 5.41) is 3.38. The van der Waals surface area contributed by atoms with Crippen LogP contribution in [0.1, 0.15) is 24.1 Å². The van der Waals surface area contributed by atoms with Gasteiger partial charge in [-0.15, -0.1) is 0 Å². The van der Waals surface area contributed by atoms with Crippen molar-refractivity contribution in [2.75, 3.05) is 0 Å². The molecule has 0 aliphatic heterocycles. The lowest BCUT2D eigenvalue weighted by Gasteiger charge is -2.13. The van der Waals surface area contributed by atoms with Gasteiger partial charge in [0.25, 0.3) is 0 Å². The summed E-state index contributed by atoms with van der Waals surface area (Å²) in [6, 6.07) is 8.88. The van der Waals surface area contributed by atoms with Gasteiger partial charge in [-0.1, -0.05) is 0 Å². The first-order chi connectivity index (χ1) is 9.72. The molecule has 1 saturated carbocycles. The molecule has 104 valence electrons. The van der Waals surface area contributed by atoms with Crippen LogP contribution in [0.3, 0.4) is 0 Å². The standard InChI is InChI=1S/C16H17FN2O/c1-11-15(3-2-8-18-11)20-16-7-4-13(17)9-12(16)10-19-14-5-6-14/h2-4,7-9,14,19H,5-6,10H2,1H3. The molecule has 1 aliphatic carbocycles. The maximum absolute atomic E-state index is 13.4. The van der Waals surface area contributed by atoms with Gasteiger partial charge in [-0.2, -0.15) is 0 Å². The molecule has 2 aromatic rings. The Morgan fingerprint density at radius 1 is 1.30 bits per heavy atom. The van der Waals surface area contributed by atoms with Crippen LogP contribution in [0.15, 0.2) is 36.5 Å². The highest BCUT2D eigenvalue weighted by Crippen LogP contribution is 2.28. The second-order valence-corrected chi connectivity index (χ2v) is 5.10. The molecule has 0 bridgehead atoms. The molecule has 3 nitrogen and oxygen atoms in total. The van der Waals surface area contributed by atoms with Gasteiger partial charge in [-0.25, -0.2) is 4.39 Å². The fraction of sp³-hybridized carbons (Fsp3) is 0.312. The molecule has 20 heavy (non-hydrogen) atoms. The molecular formula is C16H17FN2O. The average Bonchev–Trinajstić information content (AvgIpc) is 3.25. The molecule has 1 heterocycles. The van der Waals surface area contributed by atoms with E-state index in [1.165, 1.54) is 25.0 Å². The molecular weight excluding hydrogens is 255 g/mol. The predicted octanol–water partition coefficient (Wildman–Crippen LogP) is 3.57. The number of hydrogen-bond donors (Lipinski definition) is 1. The van der Waals surface area contributed by atoms with Crippen LogP contribution in [0.4, 0.5) is 4.39 Å². The maximum Gasteiger partial charge on any atom is 0.148 e. The number of aromatic nitrogens is 1. The van der Waals surface area contributed by atoms with Crippen molar-refractivity contribution in [2.45, 2.75) is 32.4 Å². The Morgan fingerprint density at radius 3 is 2.90 bits per heavy atom. The van der Waals surface area contributed by atoms with Crippen LogP contribution >= 0.6 is 0 Å². The molecule has 0 saturated heterocycles. The van der Waals surface area contributed by atoms with E-state index in [1.807, 2.05) is 19.1 Å². The third-order valence-electron chi connectivity index (χ3n) is 3.36. The first kappa shape index (κ1) is 13.1. The van der Waals surface area contributed by atoms with E-state index < -0.39 is 0 Å². The van der Waals surface area contributed by atoms with E-state index in [0.717, 1.165) is 11.3 Å². The van der Waals surface area contributed by atoms with Crippen LogP contribution in [0.25, 0.3) is 0 Å². The molecule has 1 aromatic heterocycles. The second-order valence-electron chi connectivity index (χ2n) is 5.10. The van der Waals surface area contributed by atoms with Gasteiger partial charge in [0, 0.05) is 24.3 Å². The molecule has 1 N–H and O–H groups in total. The van der Waals surface area contributed by atoms with Crippen molar-refractivity contribution in [2.24, 2.45) is 0 Å². The highest BCUT2D eigenvalue weighted by Gasteiger charge is 2.21. The van der Waals surface area contributed by atoms with Crippen LogP contribution in [-0.4, -0.2) is 11.0 Å². The Morgan fingerprint density at radius 2 is 2.15 bits per heavy atom. The van der Waals surface area contributed by atoms with Gasteiger partial charge >= 0.3 is 0 Å². The fourth-order valence-corrected chi connectivity index (χ4v) is 2.02. The lowest BCUT2D eigenvalue weighted by molar-refractivity contribution is 0.463. The number of ether oxygens (including phenoxy) is 1. The normalized spacial score (nSPS) is 14.3. The summed E-state index contributed by atoms with van der Waals surface area (Å²) in [7, 11) is 0. The molecule has 1 aliphatic rings. The Bertz CT molecular complexity index is 611. The van der Waals surface area contributed by atoms with Gasteiger partial charge in [-0.05, 0) is 50.1 Å². The zero-order chi connectivity index (χ0) is 13.9. The van der Waals surface area contributed by atoms with E-state index in [4.69, 9.17) is 4.74 Å². The number of aryl methyl sites for hydroxylation is 1. The predicted molar refractivity (Wildman–Crippen MR) is 75.3 cm³/mol. The minimum absolute atomic E-state index is 0.243. The Balaban J connectivity index is 1.82. The second kappa shape index (κ2) is 5.59. The summed E-state index contributed by atoms with van der Waals surface area (Å²) in [4.78, 5) is 4.19. The van der Waals surface area contributed by atoms with Crippen LogP contribution in [0, 0.1) is 12.7 Å². The molecule has 0 unspecified atom stereocenters. The number of rotatable bonds is 5. The molecule has 1 aromatic carbocycles. The lowest BCUT2D eigenvalue weighted by atomic mass is 10.2. The first-order valence-electron chi connectivity index (χ1n) is 6.83. The van der Waals surface area contributed by atoms with Gasteiger partial charge in [0.1, 0.15) is 17.3 Å². The molecule has 0 amide bonds. The van der Waals surface area contributed by atoms with Gasteiger partial charge in [0.2, 0.25) is 0 Å². The third kappa shape index (κ3) is 3.14. The molecule has 0 atom stereocenters. The number of benzene rings is 1. The van der Waals surface area contributed by atoms with E-state index in [9.17, 15) is 4.39 Å². The Hall–Kier alpha value is -1.94. The number of halogens is 1. The van der Waals surface area contributed by atoms with Crippen molar-refractivity contribution in [3.63, 3.8) is 0 Å². The van der Waals surface area contributed by atoms with Gasteiger partial charge in [0.15, 0.2) is 0 Å². The van der Waals surface area contributed by atoms with Crippen molar-refractivity contribution in [3.8, 4) is 11.5 Å². The summed E-state index contributed by atoms with van der Waals surface area (Å²) < 4.78 is 19.3. The summed E-state index contributed by atoms with van der Waals surface area (Å²) in [6.07, 6.45) is 4.13. The third-order valence-corrected chi connectivity index (χ3v) is 3.36. The van der Waals surface area contributed by atoms with Crippen LogP contribution in [-0.2, 0) is 6.54 Å². The molecule has 4 heteroatoms. The Labute approximate surface area is 117 Å². The number of nitrogens with zero attached hydrogens (tertiary/aromatic N) is 1. The zero-order valence-electron chi connectivity index (χ0n) is 11.4. The summed E-state index contributed by atoms with van der Waals surface area (Å²) >= 11 is 0. The van der Waals surface area contributed by atoms with Crippen molar-refractivity contribution in [1.29, 1.82) is 0 Å². The highest BCUT2D eigenvalue weighted by molar-refractivity contribution is 5.39. The molecule has 3 rings (SSSR count). The smallest absolute Gasteiger partial charge is 0.148 e. The van der Waals surface area contributed by atoms with Gasteiger partial charge in [0.05, 0.1) is 5.69 Å². The molecule has 0 radical (unpaired) electrons. The van der Waals surface area contributed by atoms with Gasteiger partial charge < -0.3 is 10.1 Å². The van der Waals surface area contributed by atoms with Crippen molar-refractivity contribution >= 4 is 0 Å². The number of hydrogen-bond acceptors (Lipinski definition) is 3. The Kier molecular flexibility index (Phi) is 3.65.